The van der Waals surface area contributed by atoms with Gasteiger partial charge in [0.25, 0.3) is 0 Å². The van der Waals surface area contributed by atoms with Crippen molar-refractivity contribution >= 4 is 15.8 Å². The van der Waals surface area contributed by atoms with Crippen molar-refractivity contribution < 1.29 is 31.2 Å². The molecule has 0 unspecified atom stereocenters. The highest BCUT2D eigenvalue weighted by Gasteiger charge is 2.39. The van der Waals surface area contributed by atoms with E-state index in [0.717, 1.165) is 6.92 Å². The van der Waals surface area contributed by atoms with E-state index in [-0.39, 0.29) is 5.56 Å². The minimum atomic E-state index is -5.33. The number of hydrogen-bond acceptors (Lipinski definition) is 6. The smallest absolute Gasteiger partial charge is 0.395 e. The fourth-order valence-corrected chi connectivity index (χ4v) is 2.14. The van der Waals surface area contributed by atoms with Crippen LogP contribution in [0.15, 0.2) is 11.1 Å². The molecule has 0 atom stereocenters. The van der Waals surface area contributed by atoms with Crippen LogP contribution in [0.25, 0.3) is 0 Å². The molecule has 0 aromatic carbocycles. The minimum absolute atomic E-state index is 0.313. The van der Waals surface area contributed by atoms with Crippen LogP contribution in [0.4, 0.5) is 19.0 Å². The van der Waals surface area contributed by atoms with Gasteiger partial charge < -0.3 is 14.9 Å². The second-order valence-electron chi connectivity index (χ2n) is 3.27. The van der Waals surface area contributed by atoms with Crippen LogP contribution in [0.1, 0.15) is 5.56 Å². The van der Waals surface area contributed by atoms with E-state index >= 15 is 0 Å². The molecule has 0 aliphatic rings. The Labute approximate surface area is 104 Å². The van der Waals surface area contributed by atoms with Crippen molar-refractivity contribution in [2.24, 2.45) is 5.14 Å². The molecule has 2 N–H and O–H groups in total. The van der Waals surface area contributed by atoms with Crippen molar-refractivity contribution in [2.75, 3.05) is 0 Å². The van der Waals surface area contributed by atoms with Gasteiger partial charge in [0.1, 0.15) is 11.1 Å². The first-order valence-corrected chi connectivity index (χ1v) is 5.90. The number of sulfonamides is 1. The molecule has 1 rings (SSSR count). The number of nitrogens with zero attached hydrogens (tertiary/aromatic N) is 2. The van der Waals surface area contributed by atoms with Gasteiger partial charge in [-0.15, -0.1) is 13.2 Å². The largest absolute Gasteiger partial charge is 0.573 e. The first kappa shape index (κ1) is 15.1. The maximum Gasteiger partial charge on any atom is 0.573 e. The second-order valence-corrected chi connectivity index (χ2v) is 4.77. The van der Waals surface area contributed by atoms with E-state index in [1.54, 1.807) is 0 Å². The molecular weight excluding hydrogens is 295 g/mol. The summed E-state index contributed by atoms with van der Waals surface area (Å²) in [6.07, 6.45) is -4.62. The molecule has 0 aliphatic heterocycles. The van der Waals surface area contributed by atoms with E-state index in [1.807, 2.05) is 0 Å². The van der Waals surface area contributed by atoms with Crippen LogP contribution in [-0.2, 0) is 10.0 Å². The van der Waals surface area contributed by atoms with E-state index in [2.05, 4.69) is 9.72 Å². The number of halogens is 3. The summed E-state index contributed by atoms with van der Waals surface area (Å²) in [4.78, 5) is 11.2. The Morgan fingerprint density at radius 3 is 2.37 bits per heavy atom. The summed E-state index contributed by atoms with van der Waals surface area (Å²) < 4.78 is 62.3. The third-order valence-electron chi connectivity index (χ3n) is 1.82. The Balaban J connectivity index is 3.70. The molecule has 0 saturated heterocycles. The lowest BCUT2D eigenvalue weighted by Gasteiger charge is -2.12. The van der Waals surface area contributed by atoms with Gasteiger partial charge in [-0.3, -0.25) is 0 Å². The molecule has 0 saturated carbocycles. The summed E-state index contributed by atoms with van der Waals surface area (Å²) >= 11 is 0. The Morgan fingerprint density at radius 1 is 1.47 bits per heavy atom. The summed E-state index contributed by atoms with van der Waals surface area (Å²) in [6, 6.07) is 0. The highest BCUT2D eigenvalue weighted by Crippen LogP contribution is 2.37. The summed E-state index contributed by atoms with van der Waals surface area (Å²) in [6.45, 7) is 1.07. The number of aromatic nitrogens is 1. The van der Waals surface area contributed by atoms with E-state index in [1.165, 1.54) is 0 Å². The molecule has 106 valence electrons. The van der Waals surface area contributed by atoms with Crippen LogP contribution in [-0.4, -0.2) is 24.7 Å². The van der Waals surface area contributed by atoms with Gasteiger partial charge in [0, 0.05) is 5.56 Å². The summed E-state index contributed by atoms with van der Waals surface area (Å²) in [7, 11) is -4.66. The predicted molar refractivity (Wildman–Crippen MR) is 53.7 cm³/mol. The maximum atomic E-state index is 12.2. The number of aryl methyl sites for hydroxylation is 1. The van der Waals surface area contributed by atoms with Gasteiger partial charge in [0.15, 0.2) is 0 Å². The van der Waals surface area contributed by atoms with Gasteiger partial charge in [-0.25, -0.2) is 13.6 Å². The van der Waals surface area contributed by atoms with Crippen LogP contribution < -0.4 is 9.88 Å². The first-order valence-electron chi connectivity index (χ1n) is 4.36. The van der Waals surface area contributed by atoms with Crippen molar-refractivity contribution in [3.05, 3.63) is 21.9 Å². The summed E-state index contributed by atoms with van der Waals surface area (Å²) in [5.74, 6) is -2.95. The van der Waals surface area contributed by atoms with Crippen molar-refractivity contribution in [1.82, 2.24) is 4.98 Å². The highest BCUT2D eigenvalue weighted by atomic mass is 32.2. The molecule has 1 aromatic heterocycles. The molecule has 1 heterocycles. The molecule has 0 radical (unpaired) electrons. The van der Waals surface area contributed by atoms with Crippen molar-refractivity contribution in [2.45, 2.75) is 18.2 Å². The van der Waals surface area contributed by atoms with Crippen molar-refractivity contribution in [3.63, 3.8) is 0 Å². The van der Waals surface area contributed by atoms with Crippen LogP contribution in [0, 0.1) is 17.0 Å². The van der Waals surface area contributed by atoms with E-state index in [0.29, 0.717) is 6.20 Å². The third kappa shape index (κ3) is 3.51. The van der Waals surface area contributed by atoms with Crippen LogP contribution in [0.5, 0.6) is 5.75 Å². The fraction of sp³-hybridized carbons (Fsp3) is 0.286. The normalized spacial score (nSPS) is 12.3. The van der Waals surface area contributed by atoms with Gasteiger partial charge in [-0.05, 0) is 16.8 Å². The molecule has 1 aromatic rings. The SMILES string of the molecule is Cc1cnc([N+](=O)[O-])c(OC(F)(F)F)c1S(N)(=O)=O. The number of alkyl halides is 3. The number of hydrogen-bond donors (Lipinski definition) is 1. The number of ether oxygens (including phenoxy) is 1. The lowest BCUT2D eigenvalue weighted by Crippen LogP contribution is -2.23. The van der Waals surface area contributed by atoms with E-state index in [9.17, 15) is 31.7 Å². The minimum Gasteiger partial charge on any atom is -0.395 e. The maximum absolute atomic E-state index is 12.2. The number of nitrogens with two attached hydrogens (primary N) is 1. The Kier molecular flexibility index (Phi) is 3.67. The number of rotatable bonds is 3. The molecule has 0 amide bonds. The van der Waals surface area contributed by atoms with Crippen LogP contribution in [0.2, 0.25) is 0 Å². The average molecular weight is 301 g/mol. The Morgan fingerprint density at radius 2 is 2.00 bits per heavy atom. The third-order valence-corrected chi connectivity index (χ3v) is 2.90. The zero-order valence-corrected chi connectivity index (χ0v) is 9.95. The zero-order valence-electron chi connectivity index (χ0n) is 9.13. The number of primary sulfonamides is 1. The molecule has 0 aliphatic carbocycles. The van der Waals surface area contributed by atoms with Gasteiger partial charge in [-0.2, -0.15) is 0 Å². The molecule has 19 heavy (non-hydrogen) atoms. The predicted octanol–water partition coefficient (Wildman–Crippen LogP) is 0.844. The number of nitro groups is 1. The molecule has 8 nitrogen and oxygen atoms in total. The van der Waals surface area contributed by atoms with Gasteiger partial charge >= 0.3 is 12.2 Å². The summed E-state index contributed by atoms with van der Waals surface area (Å²) in [5.41, 5.74) is -0.313. The molecule has 0 fully saturated rings. The monoisotopic (exact) mass is 301 g/mol. The molecular formula is C7H6F3N3O5S. The average Bonchev–Trinajstić information content (AvgIpc) is 2.11. The quantitative estimate of drug-likeness (QED) is 0.651. The topological polar surface area (TPSA) is 125 Å². The molecule has 0 spiro atoms. The Bertz CT molecular complexity index is 628. The van der Waals surface area contributed by atoms with Crippen LogP contribution in [0.3, 0.4) is 0 Å². The zero-order chi connectivity index (χ0) is 15.0. The number of pyridine rings is 1. The van der Waals surface area contributed by atoms with Crippen LogP contribution >= 0.6 is 0 Å². The van der Waals surface area contributed by atoms with Gasteiger partial charge in [0.05, 0.1) is 0 Å². The van der Waals surface area contributed by atoms with Crippen molar-refractivity contribution in [1.29, 1.82) is 0 Å². The Hall–Kier alpha value is -1.95. The lowest BCUT2D eigenvalue weighted by atomic mass is 10.3. The fourth-order valence-electron chi connectivity index (χ4n) is 1.25. The summed E-state index contributed by atoms with van der Waals surface area (Å²) in [5, 5.41) is 15.3. The van der Waals surface area contributed by atoms with Gasteiger partial charge in [-0.1, -0.05) is 0 Å². The van der Waals surface area contributed by atoms with E-state index in [4.69, 9.17) is 5.14 Å². The first-order chi connectivity index (χ1) is 8.43. The highest BCUT2D eigenvalue weighted by molar-refractivity contribution is 7.89. The standard InChI is InChI=1S/C7H6F3N3O5S/c1-3-2-12-6(13(14)15)4(18-7(8,9)10)5(3)19(11,16)17/h2H,1H3,(H2,11,16,17). The second kappa shape index (κ2) is 4.62. The molecule has 0 bridgehead atoms. The van der Waals surface area contributed by atoms with Gasteiger partial charge in [0.2, 0.25) is 15.8 Å². The van der Waals surface area contributed by atoms with E-state index < -0.39 is 37.8 Å². The molecule has 12 heteroatoms. The van der Waals surface area contributed by atoms with Crippen molar-refractivity contribution in [3.8, 4) is 5.75 Å². The lowest BCUT2D eigenvalue weighted by molar-refractivity contribution is -0.393.